The minimum Gasteiger partial charge on any atom is -0.357 e. The zero-order valence-corrected chi connectivity index (χ0v) is 10.3. The highest BCUT2D eigenvalue weighted by Gasteiger charge is 2.15. The van der Waals surface area contributed by atoms with Crippen LogP contribution < -0.4 is 10.2 Å². The van der Waals surface area contributed by atoms with Crippen LogP contribution in [0.3, 0.4) is 0 Å². The Morgan fingerprint density at radius 2 is 2.38 bits per heavy atom. The summed E-state index contributed by atoms with van der Waals surface area (Å²) in [7, 11) is 3.60. The van der Waals surface area contributed by atoms with Gasteiger partial charge >= 0.3 is 0 Å². The Morgan fingerprint density at radius 3 is 2.94 bits per heavy atom. The molecule has 5 nitrogen and oxygen atoms in total. The summed E-state index contributed by atoms with van der Waals surface area (Å²) in [5.41, 5.74) is 0. The van der Waals surface area contributed by atoms with Crippen molar-refractivity contribution in [3.63, 3.8) is 0 Å². The lowest BCUT2D eigenvalue weighted by atomic mass is 10.2. The first-order chi connectivity index (χ1) is 7.60. The van der Waals surface area contributed by atoms with Crippen molar-refractivity contribution in [1.29, 1.82) is 5.26 Å². The first kappa shape index (κ1) is 12.5. The van der Waals surface area contributed by atoms with Crippen molar-refractivity contribution in [2.45, 2.75) is 19.4 Å². The summed E-state index contributed by atoms with van der Waals surface area (Å²) in [5, 5.41) is 12.0. The van der Waals surface area contributed by atoms with Crippen molar-refractivity contribution in [2.75, 3.05) is 24.3 Å². The highest BCUT2D eigenvalue weighted by Crippen LogP contribution is 2.24. The van der Waals surface area contributed by atoms with Crippen LogP contribution in [0.1, 0.15) is 13.3 Å². The van der Waals surface area contributed by atoms with Crippen molar-refractivity contribution in [2.24, 2.45) is 0 Å². The Hall–Kier alpha value is -1.54. The molecule has 1 atom stereocenters. The van der Waals surface area contributed by atoms with Gasteiger partial charge in [0, 0.05) is 20.1 Å². The van der Waals surface area contributed by atoms with Gasteiger partial charge in [0.1, 0.15) is 5.02 Å². The lowest BCUT2D eigenvalue weighted by molar-refractivity contribution is 0.693. The second kappa shape index (κ2) is 5.52. The molecule has 86 valence electrons. The van der Waals surface area contributed by atoms with Gasteiger partial charge in [0.05, 0.1) is 18.7 Å². The summed E-state index contributed by atoms with van der Waals surface area (Å²) in [6.45, 7) is 1.95. The average molecular weight is 240 g/mol. The maximum Gasteiger partial charge on any atom is 0.224 e. The van der Waals surface area contributed by atoms with Gasteiger partial charge in [-0.2, -0.15) is 10.2 Å². The van der Waals surface area contributed by atoms with E-state index >= 15 is 0 Å². The van der Waals surface area contributed by atoms with Gasteiger partial charge in [0.25, 0.3) is 0 Å². The quantitative estimate of drug-likeness (QED) is 0.870. The normalized spacial score (nSPS) is 11.7. The van der Waals surface area contributed by atoms with Crippen LogP contribution in [-0.4, -0.2) is 30.1 Å². The van der Waals surface area contributed by atoms with Crippen molar-refractivity contribution in [3.05, 3.63) is 11.2 Å². The van der Waals surface area contributed by atoms with Gasteiger partial charge in [-0.25, -0.2) is 4.98 Å². The largest absolute Gasteiger partial charge is 0.357 e. The standard InChI is InChI=1S/C10H14ClN5/c1-7(4-5-12)16(3)9-8(11)6-14-10(13-2)15-9/h6-7H,4H2,1-3H3,(H,13,14,15). The zero-order valence-electron chi connectivity index (χ0n) is 9.53. The topological polar surface area (TPSA) is 64.8 Å². The molecule has 0 aliphatic rings. The molecule has 0 saturated carbocycles. The Balaban J connectivity index is 2.98. The average Bonchev–Trinajstić information content (AvgIpc) is 2.29. The molecule has 0 bridgehead atoms. The molecular formula is C10H14ClN5. The van der Waals surface area contributed by atoms with E-state index in [-0.39, 0.29) is 6.04 Å². The van der Waals surface area contributed by atoms with Gasteiger partial charge in [0.15, 0.2) is 5.82 Å². The van der Waals surface area contributed by atoms with E-state index in [1.165, 1.54) is 0 Å². The molecule has 0 amide bonds. The molecule has 0 aliphatic carbocycles. The third kappa shape index (κ3) is 2.74. The number of nitrogens with one attached hydrogen (secondary N) is 1. The van der Waals surface area contributed by atoms with Crippen molar-refractivity contribution >= 4 is 23.4 Å². The molecular weight excluding hydrogens is 226 g/mol. The molecule has 16 heavy (non-hydrogen) atoms. The maximum absolute atomic E-state index is 8.65. The van der Waals surface area contributed by atoms with E-state index in [4.69, 9.17) is 16.9 Å². The Kier molecular flexibility index (Phi) is 4.32. The molecule has 1 unspecified atom stereocenters. The predicted octanol–water partition coefficient (Wildman–Crippen LogP) is 1.91. The third-order valence-corrected chi connectivity index (χ3v) is 2.60. The fraction of sp³-hybridized carbons (Fsp3) is 0.500. The van der Waals surface area contributed by atoms with Crippen LogP contribution in [0.25, 0.3) is 0 Å². The minimum absolute atomic E-state index is 0.0575. The van der Waals surface area contributed by atoms with E-state index < -0.39 is 0 Å². The number of hydrogen-bond acceptors (Lipinski definition) is 5. The lowest BCUT2D eigenvalue weighted by Gasteiger charge is -2.24. The van der Waals surface area contributed by atoms with E-state index in [0.29, 0.717) is 23.2 Å². The Labute approximate surface area is 100 Å². The Morgan fingerprint density at radius 1 is 1.69 bits per heavy atom. The van der Waals surface area contributed by atoms with Gasteiger partial charge in [0.2, 0.25) is 5.95 Å². The van der Waals surface area contributed by atoms with Crippen molar-refractivity contribution in [1.82, 2.24) is 9.97 Å². The molecule has 1 N–H and O–H groups in total. The first-order valence-corrected chi connectivity index (χ1v) is 5.28. The van der Waals surface area contributed by atoms with Crippen LogP contribution in [0.5, 0.6) is 0 Å². The molecule has 0 saturated heterocycles. The summed E-state index contributed by atoms with van der Waals surface area (Å²) in [5.74, 6) is 1.14. The molecule has 1 rings (SSSR count). The number of aromatic nitrogens is 2. The van der Waals surface area contributed by atoms with Gasteiger partial charge in [-0.05, 0) is 6.92 Å². The van der Waals surface area contributed by atoms with Gasteiger partial charge in [-0.15, -0.1) is 0 Å². The summed E-state index contributed by atoms with van der Waals surface area (Å²) in [6.07, 6.45) is 1.97. The number of hydrogen-bond donors (Lipinski definition) is 1. The highest BCUT2D eigenvalue weighted by molar-refractivity contribution is 6.32. The van der Waals surface area contributed by atoms with Crippen LogP contribution in [-0.2, 0) is 0 Å². The van der Waals surface area contributed by atoms with Gasteiger partial charge in [-0.1, -0.05) is 11.6 Å². The number of nitrogens with zero attached hydrogens (tertiary/aromatic N) is 4. The van der Waals surface area contributed by atoms with Crippen LogP contribution in [0.2, 0.25) is 5.02 Å². The van der Waals surface area contributed by atoms with Crippen molar-refractivity contribution < 1.29 is 0 Å². The summed E-state index contributed by atoms with van der Waals surface area (Å²) < 4.78 is 0. The molecule has 6 heteroatoms. The van der Waals surface area contributed by atoms with E-state index in [1.807, 2.05) is 18.9 Å². The summed E-state index contributed by atoms with van der Waals surface area (Å²) in [4.78, 5) is 10.1. The van der Waals surface area contributed by atoms with E-state index in [1.54, 1.807) is 13.2 Å². The van der Waals surface area contributed by atoms with E-state index in [9.17, 15) is 0 Å². The van der Waals surface area contributed by atoms with E-state index in [0.717, 1.165) is 0 Å². The Bertz CT molecular complexity index is 401. The molecule has 1 aromatic rings. The number of halogens is 1. The highest BCUT2D eigenvalue weighted by atomic mass is 35.5. The minimum atomic E-state index is 0.0575. The molecule has 0 aliphatic heterocycles. The molecule has 1 aromatic heterocycles. The summed E-state index contributed by atoms with van der Waals surface area (Å²) in [6, 6.07) is 2.18. The maximum atomic E-state index is 8.65. The monoisotopic (exact) mass is 239 g/mol. The SMILES string of the molecule is CNc1ncc(Cl)c(N(C)C(C)CC#N)n1. The first-order valence-electron chi connectivity index (χ1n) is 4.90. The molecule has 0 aromatic carbocycles. The number of anilines is 2. The van der Waals surface area contributed by atoms with Crippen LogP contribution in [0, 0.1) is 11.3 Å². The van der Waals surface area contributed by atoms with Crippen LogP contribution >= 0.6 is 11.6 Å². The van der Waals surface area contributed by atoms with Crippen LogP contribution in [0.4, 0.5) is 11.8 Å². The van der Waals surface area contributed by atoms with Crippen molar-refractivity contribution in [3.8, 4) is 6.07 Å². The second-order valence-corrected chi connectivity index (χ2v) is 3.84. The lowest BCUT2D eigenvalue weighted by Crippen LogP contribution is -2.29. The predicted molar refractivity (Wildman–Crippen MR) is 64.7 cm³/mol. The fourth-order valence-electron chi connectivity index (χ4n) is 1.20. The molecule has 0 fully saturated rings. The second-order valence-electron chi connectivity index (χ2n) is 3.44. The summed E-state index contributed by atoms with van der Waals surface area (Å²) >= 11 is 6.01. The number of rotatable bonds is 4. The smallest absolute Gasteiger partial charge is 0.224 e. The molecule has 1 heterocycles. The molecule has 0 radical (unpaired) electrons. The third-order valence-electron chi connectivity index (χ3n) is 2.33. The van der Waals surface area contributed by atoms with E-state index in [2.05, 4.69) is 21.4 Å². The molecule has 0 spiro atoms. The number of nitriles is 1. The van der Waals surface area contributed by atoms with Gasteiger partial charge < -0.3 is 10.2 Å². The zero-order chi connectivity index (χ0) is 12.1. The van der Waals surface area contributed by atoms with Gasteiger partial charge in [-0.3, -0.25) is 0 Å². The van der Waals surface area contributed by atoms with Crippen LogP contribution in [0.15, 0.2) is 6.20 Å². The fourth-order valence-corrected chi connectivity index (χ4v) is 1.43.